The van der Waals surface area contributed by atoms with Gasteiger partial charge in [-0.1, -0.05) is 41.9 Å². The lowest BCUT2D eigenvalue weighted by molar-refractivity contribution is -0.120. The highest BCUT2D eigenvalue weighted by Gasteiger charge is 2.25. The van der Waals surface area contributed by atoms with Crippen molar-refractivity contribution in [2.45, 2.75) is 12.5 Å². The van der Waals surface area contributed by atoms with E-state index in [4.69, 9.17) is 11.6 Å². The van der Waals surface area contributed by atoms with Gasteiger partial charge in [0.15, 0.2) is 0 Å². The van der Waals surface area contributed by atoms with Crippen LogP contribution >= 0.6 is 23.4 Å². The second-order valence-electron chi connectivity index (χ2n) is 5.52. The summed E-state index contributed by atoms with van der Waals surface area (Å²) in [7, 11) is 1.71. The number of likely N-dealkylation sites (N-methyl/N-ethyl adjacent to an activating group) is 1. The van der Waals surface area contributed by atoms with Gasteiger partial charge in [-0.05, 0) is 42.7 Å². The first kappa shape index (κ1) is 19.3. The summed E-state index contributed by atoms with van der Waals surface area (Å²) >= 11 is 7.72. The molecule has 2 aromatic carbocycles. The molecule has 0 heterocycles. The fourth-order valence-corrected chi connectivity index (χ4v) is 3.08. The van der Waals surface area contributed by atoms with E-state index in [-0.39, 0.29) is 11.8 Å². The quantitative estimate of drug-likeness (QED) is 0.798. The maximum absolute atomic E-state index is 12.9. The van der Waals surface area contributed by atoms with Crippen LogP contribution in [0.4, 0.5) is 5.69 Å². The Labute approximate surface area is 157 Å². The van der Waals surface area contributed by atoms with Crippen LogP contribution in [0.3, 0.4) is 0 Å². The largest absolute Gasteiger partial charge is 0.340 e. The van der Waals surface area contributed by atoms with Gasteiger partial charge in [-0.2, -0.15) is 11.8 Å². The van der Waals surface area contributed by atoms with Crippen molar-refractivity contribution in [2.75, 3.05) is 24.0 Å². The molecule has 1 unspecified atom stereocenters. The van der Waals surface area contributed by atoms with Crippen LogP contribution in [0.1, 0.15) is 16.8 Å². The summed E-state index contributed by atoms with van der Waals surface area (Å²) in [6.07, 6.45) is 2.52. The zero-order chi connectivity index (χ0) is 18.2. The molecule has 0 radical (unpaired) electrons. The van der Waals surface area contributed by atoms with Crippen LogP contribution in [0.2, 0.25) is 5.02 Å². The van der Waals surface area contributed by atoms with Crippen LogP contribution in [-0.2, 0) is 4.79 Å². The van der Waals surface area contributed by atoms with Gasteiger partial charge in [-0.25, -0.2) is 0 Å². The molecule has 1 atom stereocenters. The molecular weight excluding hydrogens is 356 g/mol. The fourth-order valence-electron chi connectivity index (χ4n) is 2.39. The number of para-hydroxylation sites is 1. The molecule has 0 aliphatic rings. The maximum Gasteiger partial charge on any atom is 0.253 e. The van der Waals surface area contributed by atoms with Crippen molar-refractivity contribution in [3.8, 4) is 0 Å². The highest BCUT2D eigenvalue weighted by molar-refractivity contribution is 7.98. The lowest BCUT2D eigenvalue weighted by atomic mass is 10.1. The van der Waals surface area contributed by atoms with Gasteiger partial charge in [0.25, 0.3) is 5.91 Å². The summed E-state index contributed by atoms with van der Waals surface area (Å²) in [6.45, 7) is 0. The number of carbonyl (C=O) groups is 2. The molecule has 0 fully saturated rings. The minimum Gasteiger partial charge on any atom is -0.340 e. The molecule has 2 rings (SSSR count). The van der Waals surface area contributed by atoms with Gasteiger partial charge in [0.2, 0.25) is 5.91 Å². The average Bonchev–Trinajstić information content (AvgIpc) is 2.64. The van der Waals surface area contributed by atoms with E-state index in [1.807, 2.05) is 36.6 Å². The Morgan fingerprint density at radius 1 is 1.12 bits per heavy atom. The van der Waals surface area contributed by atoms with Crippen molar-refractivity contribution in [3.63, 3.8) is 0 Å². The van der Waals surface area contributed by atoms with Crippen molar-refractivity contribution >= 4 is 40.9 Å². The first-order chi connectivity index (χ1) is 12.0. The number of carbonyl (C=O) groups excluding carboxylic acids is 2. The number of nitrogens with zero attached hydrogens (tertiary/aromatic N) is 1. The van der Waals surface area contributed by atoms with Crippen molar-refractivity contribution in [1.29, 1.82) is 0 Å². The molecule has 0 saturated heterocycles. The monoisotopic (exact) mass is 376 g/mol. The molecule has 0 bridgehead atoms. The number of nitrogens with one attached hydrogen (secondary N) is 1. The van der Waals surface area contributed by atoms with Crippen LogP contribution in [0.15, 0.2) is 54.6 Å². The van der Waals surface area contributed by atoms with Crippen molar-refractivity contribution in [3.05, 3.63) is 65.2 Å². The predicted octanol–water partition coefficient (Wildman–Crippen LogP) is 3.85. The van der Waals surface area contributed by atoms with Gasteiger partial charge in [0.1, 0.15) is 6.04 Å². The molecule has 6 heteroatoms. The number of hydrogen-bond donors (Lipinski definition) is 1. The van der Waals surface area contributed by atoms with E-state index in [0.717, 1.165) is 11.4 Å². The van der Waals surface area contributed by atoms with Crippen LogP contribution < -0.4 is 10.2 Å². The second-order valence-corrected chi connectivity index (χ2v) is 6.91. The zero-order valence-electron chi connectivity index (χ0n) is 14.2. The lowest BCUT2D eigenvalue weighted by Gasteiger charge is -2.25. The Kier molecular flexibility index (Phi) is 7.34. The first-order valence-electron chi connectivity index (χ1n) is 7.91. The topological polar surface area (TPSA) is 49.4 Å². The maximum atomic E-state index is 12.9. The molecule has 1 N–H and O–H groups in total. The van der Waals surface area contributed by atoms with Crippen LogP contribution in [0.5, 0.6) is 0 Å². The molecular formula is C19H21ClN2O2S. The molecule has 0 aromatic heterocycles. The van der Waals surface area contributed by atoms with Gasteiger partial charge < -0.3 is 10.2 Å². The highest BCUT2D eigenvalue weighted by atomic mass is 35.5. The summed E-state index contributed by atoms with van der Waals surface area (Å²) in [6, 6.07) is 15.6. The van der Waals surface area contributed by atoms with Crippen LogP contribution in [0.25, 0.3) is 0 Å². The smallest absolute Gasteiger partial charge is 0.253 e. The highest BCUT2D eigenvalue weighted by Crippen LogP contribution is 2.17. The zero-order valence-corrected chi connectivity index (χ0v) is 15.8. The normalized spacial score (nSPS) is 11.6. The van der Waals surface area contributed by atoms with E-state index < -0.39 is 6.04 Å². The van der Waals surface area contributed by atoms with E-state index in [1.165, 1.54) is 0 Å². The van der Waals surface area contributed by atoms with Crippen molar-refractivity contribution in [1.82, 2.24) is 5.32 Å². The summed E-state index contributed by atoms with van der Waals surface area (Å²) < 4.78 is 0. The number of anilines is 1. The summed E-state index contributed by atoms with van der Waals surface area (Å²) in [5, 5.41) is 3.20. The van der Waals surface area contributed by atoms with Crippen LogP contribution in [0, 0.1) is 0 Å². The summed E-state index contributed by atoms with van der Waals surface area (Å²) in [5.41, 5.74) is 1.15. The number of halogens is 1. The van der Waals surface area contributed by atoms with E-state index in [9.17, 15) is 9.59 Å². The molecule has 0 spiro atoms. The number of rotatable bonds is 7. The molecule has 0 aliphatic carbocycles. The van der Waals surface area contributed by atoms with Gasteiger partial charge in [-0.3, -0.25) is 9.59 Å². The average molecular weight is 377 g/mol. The van der Waals surface area contributed by atoms with Crippen molar-refractivity contribution in [2.24, 2.45) is 0 Å². The van der Waals surface area contributed by atoms with Gasteiger partial charge in [-0.15, -0.1) is 0 Å². The van der Waals surface area contributed by atoms with Gasteiger partial charge >= 0.3 is 0 Å². The SMILES string of the molecule is CSCCC(NC(=O)c1ccccc1Cl)C(=O)N(C)c1ccccc1. The van der Waals surface area contributed by atoms with Gasteiger partial charge in [0.05, 0.1) is 10.6 Å². The Balaban J connectivity index is 2.16. The number of thioether (sulfide) groups is 1. The summed E-state index contributed by atoms with van der Waals surface area (Å²) in [4.78, 5) is 27.0. The van der Waals surface area contributed by atoms with E-state index in [2.05, 4.69) is 5.32 Å². The molecule has 4 nitrogen and oxygen atoms in total. The summed E-state index contributed by atoms with van der Waals surface area (Å²) in [5.74, 6) is 0.272. The van der Waals surface area contributed by atoms with E-state index in [1.54, 1.807) is 48.0 Å². The first-order valence-corrected chi connectivity index (χ1v) is 9.68. The van der Waals surface area contributed by atoms with Crippen molar-refractivity contribution < 1.29 is 9.59 Å². The van der Waals surface area contributed by atoms with E-state index >= 15 is 0 Å². The molecule has 132 valence electrons. The predicted molar refractivity (Wildman–Crippen MR) is 106 cm³/mol. The Bertz CT molecular complexity index is 724. The minimum atomic E-state index is -0.610. The standard InChI is InChI=1S/C19H21ClN2O2S/c1-22(14-8-4-3-5-9-14)19(24)17(12-13-25-2)21-18(23)15-10-6-7-11-16(15)20/h3-11,17H,12-13H2,1-2H3,(H,21,23). The van der Waals surface area contributed by atoms with E-state index in [0.29, 0.717) is 17.0 Å². The lowest BCUT2D eigenvalue weighted by Crippen LogP contribution is -2.48. The number of benzene rings is 2. The second kappa shape index (κ2) is 9.49. The third kappa shape index (κ3) is 5.25. The Hall–Kier alpha value is -1.98. The fraction of sp³-hybridized carbons (Fsp3) is 0.263. The molecule has 2 amide bonds. The number of amides is 2. The molecule has 0 saturated carbocycles. The Morgan fingerprint density at radius 3 is 2.40 bits per heavy atom. The Morgan fingerprint density at radius 2 is 1.76 bits per heavy atom. The number of hydrogen-bond acceptors (Lipinski definition) is 3. The van der Waals surface area contributed by atoms with Crippen LogP contribution in [-0.4, -0.2) is 36.9 Å². The molecule has 25 heavy (non-hydrogen) atoms. The third-order valence-corrected chi connectivity index (χ3v) is 4.78. The van der Waals surface area contributed by atoms with Gasteiger partial charge in [0, 0.05) is 12.7 Å². The molecule has 2 aromatic rings. The molecule has 0 aliphatic heterocycles. The third-order valence-electron chi connectivity index (χ3n) is 3.81. The minimum absolute atomic E-state index is 0.152.